The van der Waals surface area contributed by atoms with Gasteiger partial charge in [0.15, 0.2) is 17.1 Å². The van der Waals surface area contributed by atoms with E-state index in [4.69, 9.17) is 25.0 Å². The SMILES string of the molecule is C[N+](C)=CC1CCN(CCn2nc(-c3ccc(NC(=O)OC(C)(C)C)c4c3OCO4)c3c(N)ncnc32)C1. The molecule has 0 saturated carbocycles. The Morgan fingerprint density at radius 2 is 2.03 bits per heavy atom. The molecular formula is C26H35N8O4+. The van der Waals surface area contributed by atoms with E-state index in [1.165, 1.54) is 6.33 Å². The summed E-state index contributed by atoms with van der Waals surface area (Å²) in [7, 11) is 4.13. The lowest BCUT2D eigenvalue weighted by atomic mass is 10.1. The van der Waals surface area contributed by atoms with E-state index < -0.39 is 11.7 Å². The molecule has 12 heteroatoms. The highest BCUT2D eigenvalue weighted by Gasteiger charge is 2.29. The van der Waals surface area contributed by atoms with Crippen LogP contribution in [0.2, 0.25) is 0 Å². The summed E-state index contributed by atoms with van der Waals surface area (Å²) >= 11 is 0. The summed E-state index contributed by atoms with van der Waals surface area (Å²) in [5.74, 6) is 1.77. The lowest BCUT2D eigenvalue weighted by molar-refractivity contribution is -0.461. The number of nitrogen functional groups attached to an aromatic ring is 1. The van der Waals surface area contributed by atoms with Gasteiger partial charge in [-0.2, -0.15) is 5.10 Å². The third-order valence-electron chi connectivity index (χ3n) is 6.41. The smallest absolute Gasteiger partial charge is 0.412 e. The number of anilines is 2. The van der Waals surface area contributed by atoms with Gasteiger partial charge in [0.2, 0.25) is 6.79 Å². The molecule has 0 spiro atoms. The maximum absolute atomic E-state index is 12.4. The van der Waals surface area contributed by atoms with Crippen molar-refractivity contribution in [3.05, 3.63) is 18.5 Å². The molecule has 0 radical (unpaired) electrons. The van der Waals surface area contributed by atoms with Crippen molar-refractivity contribution >= 4 is 34.8 Å². The Balaban J connectivity index is 1.44. The van der Waals surface area contributed by atoms with Gasteiger partial charge in [-0.3, -0.25) is 5.32 Å². The van der Waals surface area contributed by atoms with Crippen molar-refractivity contribution in [1.82, 2.24) is 24.6 Å². The molecule has 2 aliphatic heterocycles. The van der Waals surface area contributed by atoms with E-state index >= 15 is 0 Å². The molecular weight excluding hydrogens is 488 g/mol. The van der Waals surface area contributed by atoms with Crippen LogP contribution in [-0.4, -0.2) is 87.7 Å². The molecule has 1 fully saturated rings. The zero-order valence-corrected chi connectivity index (χ0v) is 22.5. The number of benzene rings is 1. The molecule has 4 heterocycles. The zero-order valence-electron chi connectivity index (χ0n) is 22.5. The van der Waals surface area contributed by atoms with Crippen LogP contribution in [0.5, 0.6) is 11.5 Å². The summed E-state index contributed by atoms with van der Waals surface area (Å²) in [5, 5.41) is 8.31. The van der Waals surface area contributed by atoms with Crippen molar-refractivity contribution in [3.8, 4) is 22.8 Å². The van der Waals surface area contributed by atoms with Crippen molar-refractivity contribution in [3.63, 3.8) is 0 Å². The molecule has 0 bridgehead atoms. The second-order valence-electron chi connectivity index (χ2n) is 10.8. The van der Waals surface area contributed by atoms with E-state index in [2.05, 4.69) is 45.1 Å². The highest BCUT2D eigenvalue weighted by Crippen LogP contribution is 2.47. The van der Waals surface area contributed by atoms with E-state index in [0.29, 0.717) is 57.8 Å². The Bertz CT molecular complexity index is 1390. The Morgan fingerprint density at radius 1 is 1.24 bits per heavy atom. The summed E-state index contributed by atoms with van der Waals surface area (Å²) in [6, 6.07) is 3.56. The van der Waals surface area contributed by atoms with Crippen molar-refractivity contribution < 1.29 is 23.6 Å². The number of hydrogen-bond donors (Lipinski definition) is 2. The van der Waals surface area contributed by atoms with Crippen molar-refractivity contribution in [2.75, 3.05) is 51.6 Å². The number of amides is 1. The van der Waals surface area contributed by atoms with Gasteiger partial charge in [-0.15, -0.1) is 0 Å². The van der Waals surface area contributed by atoms with E-state index in [0.717, 1.165) is 26.1 Å². The predicted octanol–water partition coefficient (Wildman–Crippen LogP) is 2.82. The molecule has 12 nitrogen and oxygen atoms in total. The lowest BCUT2D eigenvalue weighted by Crippen LogP contribution is -2.27. The maximum atomic E-state index is 12.4. The van der Waals surface area contributed by atoms with Crippen LogP contribution < -0.4 is 20.5 Å². The number of fused-ring (bicyclic) bond motifs is 2. The Labute approximate surface area is 221 Å². The number of likely N-dealkylation sites (tertiary alicyclic amines) is 1. The molecule has 1 unspecified atom stereocenters. The van der Waals surface area contributed by atoms with Gasteiger partial charge in [-0.25, -0.2) is 24.0 Å². The fourth-order valence-corrected chi connectivity index (χ4v) is 4.92. The van der Waals surface area contributed by atoms with Crippen molar-refractivity contribution in [2.45, 2.75) is 39.3 Å². The minimum atomic E-state index is -0.631. The van der Waals surface area contributed by atoms with Crippen LogP contribution in [0.4, 0.5) is 16.3 Å². The normalized spacial score (nSPS) is 17.1. The molecule has 2 aliphatic rings. The fraction of sp³-hybridized carbons (Fsp3) is 0.500. The first kappa shape index (κ1) is 25.7. The van der Waals surface area contributed by atoms with Gasteiger partial charge in [0.05, 0.1) is 17.6 Å². The number of nitrogens with two attached hydrogens (primary N) is 1. The minimum Gasteiger partial charge on any atom is -0.453 e. The van der Waals surface area contributed by atoms with Gasteiger partial charge in [0.1, 0.15) is 43.8 Å². The summed E-state index contributed by atoms with van der Waals surface area (Å²) in [4.78, 5) is 23.5. The first-order chi connectivity index (χ1) is 18.1. The summed E-state index contributed by atoms with van der Waals surface area (Å²) in [6.07, 6.45) is 4.29. The van der Waals surface area contributed by atoms with Gasteiger partial charge in [-0.05, 0) is 45.9 Å². The van der Waals surface area contributed by atoms with Crippen LogP contribution in [0.1, 0.15) is 27.2 Å². The molecule has 3 aromatic rings. The summed E-state index contributed by atoms with van der Waals surface area (Å²) < 4.78 is 20.9. The van der Waals surface area contributed by atoms with Crippen LogP contribution in [-0.2, 0) is 11.3 Å². The highest BCUT2D eigenvalue weighted by atomic mass is 16.7. The largest absolute Gasteiger partial charge is 0.453 e. The van der Waals surface area contributed by atoms with E-state index in [1.54, 1.807) is 26.8 Å². The Kier molecular flexibility index (Phi) is 6.82. The molecule has 0 aliphatic carbocycles. The van der Waals surface area contributed by atoms with Crippen LogP contribution in [0.25, 0.3) is 22.3 Å². The van der Waals surface area contributed by atoms with Crippen LogP contribution in [0.15, 0.2) is 18.5 Å². The number of hydrogen-bond acceptors (Lipinski definition) is 9. The molecule has 1 aromatic carbocycles. The molecule has 1 amide bonds. The van der Waals surface area contributed by atoms with Gasteiger partial charge >= 0.3 is 6.09 Å². The van der Waals surface area contributed by atoms with E-state index in [-0.39, 0.29) is 6.79 Å². The van der Waals surface area contributed by atoms with E-state index in [9.17, 15) is 4.79 Å². The number of nitrogens with zero attached hydrogens (tertiary/aromatic N) is 6. The molecule has 2 aromatic heterocycles. The third kappa shape index (κ3) is 5.35. The molecule has 202 valence electrons. The predicted molar refractivity (Wildman–Crippen MR) is 144 cm³/mol. The van der Waals surface area contributed by atoms with Gasteiger partial charge in [-0.1, -0.05) is 0 Å². The molecule has 1 atom stereocenters. The molecule has 1 saturated heterocycles. The standard InChI is InChI=1S/C26H34N8O4/c1-26(2,3)38-25(35)30-18-7-6-17(21-22(18)37-15-36-21)20-19-23(27)28-14-29-24(19)34(31-20)11-10-33-9-8-16(13-33)12-32(4)5/h6-7,12,14,16H,8-11,13,15H2,1-5H3,(H2-,27,28,29,30,31,35)/p+1. The number of aromatic nitrogens is 4. The van der Waals surface area contributed by atoms with Crippen molar-refractivity contribution in [2.24, 2.45) is 5.92 Å². The van der Waals surface area contributed by atoms with Gasteiger partial charge < -0.3 is 24.8 Å². The Hall–Kier alpha value is -3.93. The fourth-order valence-electron chi connectivity index (χ4n) is 4.92. The summed E-state index contributed by atoms with van der Waals surface area (Å²) in [5.41, 5.74) is 8.08. The average Bonchev–Trinajstić information content (AvgIpc) is 3.56. The van der Waals surface area contributed by atoms with Crippen LogP contribution in [0, 0.1) is 5.92 Å². The number of ether oxygens (including phenoxy) is 3. The average molecular weight is 524 g/mol. The number of rotatable bonds is 6. The van der Waals surface area contributed by atoms with Gasteiger partial charge in [0, 0.05) is 24.6 Å². The highest BCUT2D eigenvalue weighted by molar-refractivity contribution is 6.01. The zero-order chi connectivity index (χ0) is 27.0. The van der Waals surface area contributed by atoms with Gasteiger partial charge in [0.25, 0.3) is 0 Å². The van der Waals surface area contributed by atoms with E-state index in [1.807, 2.05) is 10.7 Å². The lowest BCUT2D eigenvalue weighted by Gasteiger charge is -2.20. The molecule has 5 rings (SSSR count). The molecule has 38 heavy (non-hydrogen) atoms. The summed E-state index contributed by atoms with van der Waals surface area (Å²) in [6.45, 7) is 8.98. The monoisotopic (exact) mass is 523 g/mol. The number of carbonyl (C=O) groups excluding carboxylic acids is 1. The molecule has 3 N–H and O–H groups in total. The van der Waals surface area contributed by atoms with Crippen LogP contribution in [0.3, 0.4) is 0 Å². The first-order valence-electron chi connectivity index (χ1n) is 12.7. The number of carbonyl (C=O) groups is 1. The number of nitrogens with one attached hydrogen (secondary N) is 1. The first-order valence-corrected chi connectivity index (χ1v) is 12.7. The third-order valence-corrected chi connectivity index (χ3v) is 6.41. The topological polar surface area (TPSA) is 133 Å². The van der Waals surface area contributed by atoms with Crippen molar-refractivity contribution in [1.29, 1.82) is 0 Å². The second-order valence-corrected chi connectivity index (χ2v) is 10.8. The minimum absolute atomic E-state index is 0.0139. The van der Waals surface area contributed by atoms with Crippen LogP contribution >= 0.6 is 0 Å². The Morgan fingerprint density at radius 3 is 2.79 bits per heavy atom. The quantitative estimate of drug-likeness (QED) is 0.370. The second kappa shape index (κ2) is 10.1. The maximum Gasteiger partial charge on any atom is 0.412 e.